The van der Waals surface area contributed by atoms with Gasteiger partial charge in [0.2, 0.25) is 5.91 Å². The average molecular weight is 412 g/mol. The van der Waals surface area contributed by atoms with Crippen molar-refractivity contribution in [1.29, 1.82) is 0 Å². The number of hydrogen-bond donors (Lipinski definition) is 2. The predicted octanol–water partition coefficient (Wildman–Crippen LogP) is 2.21. The maximum atomic E-state index is 11.6. The van der Waals surface area contributed by atoms with Crippen LogP contribution in [0.2, 0.25) is 15.1 Å². The van der Waals surface area contributed by atoms with Crippen molar-refractivity contribution in [3.63, 3.8) is 0 Å². The third-order valence-corrected chi connectivity index (χ3v) is 3.82. The minimum atomic E-state index is -0.789. The van der Waals surface area contributed by atoms with E-state index in [9.17, 15) is 14.4 Å². The van der Waals surface area contributed by atoms with E-state index < -0.39 is 31.1 Å². The van der Waals surface area contributed by atoms with Crippen molar-refractivity contribution in [3.8, 4) is 5.75 Å². The molecule has 0 radical (unpaired) electrons. The molecular formula is C15H17Cl3N2O5. The quantitative estimate of drug-likeness (QED) is 0.505. The molecular weight excluding hydrogens is 395 g/mol. The van der Waals surface area contributed by atoms with Gasteiger partial charge in [0.15, 0.2) is 13.2 Å². The van der Waals surface area contributed by atoms with Gasteiger partial charge in [-0.15, -0.1) is 0 Å². The van der Waals surface area contributed by atoms with Gasteiger partial charge in [0.05, 0.1) is 15.1 Å². The second kappa shape index (κ2) is 10.3. The molecule has 0 spiro atoms. The Morgan fingerprint density at radius 3 is 2.36 bits per heavy atom. The van der Waals surface area contributed by atoms with Crippen LogP contribution in [-0.4, -0.2) is 43.6 Å². The number of carbonyl (C=O) groups is 3. The standard InChI is InChI=1S/C15H17Cl3N2O5/c1-3-19-15(23)8(2)20-13(21)6-25-14(22)7-24-12-5-10(17)9(16)4-11(12)18/h4-5,8H,3,6-7H2,1-2H3,(H,19,23)(H,20,21)/t8-/m0/s1. The molecule has 25 heavy (non-hydrogen) atoms. The number of esters is 1. The molecule has 0 fully saturated rings. The van der Waals surface area contributed by atoms with Gasteiger partial charge in [-0.1, -0.05) is 34.8 Å². The first-order valence-electron chi connectivity index (χ1n) is 7.24. The number of ether oxygens (including phenoxy) is 2. The normalized spacial score (nSPS) is 11.4. The van der Waals surface area contributed by atoms with Gasteiger partial charge in [0.1, 0.15) is 11.8 Å². The molecule has 10 heteroatoms. The van der Waals surface area contributed by atoms with Crippen LogP contribution in [0.4, 0.5) is 0 Å². The van der Waals surface area contributed by atoms with E-state index in [1.165, 1.54) is 19.1 Å². The SMILES string of the molecule is CCNC(=O)[C@H](C)NC(=O)COC(=O)COc1cc(Cl)c(Cl)cc1Cl. The van der Waals surface area contributed by atoms with Crippen LogP contribution >= 0.6 is 34.8 Å². The lowest BCUT2D eigenvalue weighted by atomic mass is 10.3. The van der Waals surface area contributed by atoms with Gasteiger partial charge in [-0.05, 0) is 19.9 Å². The van der Waals surface area contributed by atoms with Crippen LogP contribution in [0.15, 0.2) is 12.1 Å². The Hall–Kier alpha value is -1.70. The Balaban J connectivity index is 2.39. The second-order valence-electron chi connectivity index (χ2n) is 4.83. The van der Waals surface area contributed by atoms with Crippen LogP contribution in [0.3, 0.4) is 0 Å². The Kier molecular flexibility index (Phi) is 8.82. The minimum Gasteiger partial charge on any atom is -0.480 e. The van der Waals surface area contributed by atoms with Crippen LogP contribution in [-0.2, 0) is 19.1 Å². The summed E-state index contributed by atoms with van der Waals surface area (Å²) >= 11 is 17.5. The highest BCUT2D eigenvalue weighted by atomic mass is 35.5. The van der Waals surface area contributed by atoms with Crippen molar-refractivity contribution in [3.05, 3.63) is 27.2 Å². The van der Waals surface area contributed by atoms with Gasteiger partial charge in [-0.2, -0.15) is 0 Å². The number of likely N-dealkylation sites (N-methyl/N-ethyl adjacent to an activating group) is 1. The van der Waals surface area contributed by atoms with E-state index in [0.717, 1.165) is 0 Å². The van der Waals surface area contributed by atoms with Crippen LogP contribution < -0.4 is 15.4 Å². The van der Waals surface area contributed by atoms with Crippen molar-refractivity contribution < 1.29 is 23.9 Å². The van der Waals surface area contributed by atoms with Crippen molar-refractivity contribution in [1.82, 2.24) is 10.6 Å². The number of hydrogen-bond acceptors (Lipinski definition) is 5. The number of carbonyl (C=O) groups excluding carboxylic acids is 3. The Bertz CT molecular complexity index is 654. The molecule has 0 bridgehead atoms. The number of benzene rings is 1. The first-order chi connectivity index (χ1) is 11.7. The molecule has 7 nitrogen and oxygen atoms in total. The lowest BCUT2D eigenvalue weighted by molar-refractivity contribution is -0.150. The van der Waals surface area contributed by atoms with Crippen LogP contribution in [0, 0.1) is 0 Å². The number of amides is 2. The zero-order chi connectivity index (χ0) is 19.0. The highest BCUT2D eigenvalue weighted by Gasteiger charge is 2.16. The van der Waals surface area contributed by atoms with Crippen LogP contribution in [0.5, 0.6) is 5.75 Å². The van der Waals surface area contributed by atoms with E-state index >= 15 is 0 Å². The first-order valence-corrected chi connectivity index (χ1v) is 8.38. The highest BCUT2D eigenvalue weighted by Crippen LogP contribution is 2.33. The molecule has 0 aliphatic carbocycles. The van der Waals surface area contributed by atoms with Crippen LogP contribution in [0.1, 0.15) is 13.8 Å². The third-order valence-electron chi connectivity index (χ3n) is 2.81. The summed E-state index contributed by atoms with van der Waals surface area (Å²) in [5.74, 6) is -1.58. The summed E-state index contributed by atoms with van der Waals surface area (Å²) in [5, 5.41) is 5.59. The van der Waals surface area contributed by atoms with E-state index in [4.69, 9.17) is 44.3 Å². The van der Waals surface area contributed by atoms with Gasteiger partial charge in [-0.3, -0.25) is 9.59 Å². The molecule has 1 aromatic carbocycles. The monoisotopic (exact) mass is 410 g/mol. The maximum absolute atomic E-state index is 11.6. The predicted molar refractivity (Wildman–Crippen MR) is 94.2 cm³/mol. The average Bonchev–Trinajstić information content (AvgIpc) is 2.55. The fraction of sp³-hybridized carbons (Fsp3) is 0.400. The van der Waals surface area contributed by atoms with Gasteiger partial charge in [0.25, 0.3) is 5.91 Å². The molecule has 0 saturated heterocycles. The minimum absolute atomic E-state index is 0.155. The van der Waals surface area contributed by atoms with Crippen LogP contribution in [0.25, 0.3) is 0 Å². The van der Waals surface area contributed by atoms with Gasteiger partial charge >= 0.3 is 5.97 Å². The van der Waals surface area contributed by atoms with E-state index in [-0.39, 0.29) is 26.7 Å². The molecule has 1 rings (SSSR count). The third kappa shape index (κ3) is 7.37. The summed E-state index contributed by atoms with van der Waals surface area (Å²) in [6, 6.07) is 2.00. The molecule has 0 aromatic heterocycles. The largest absolute Gasteiger partial charge is 0.480 e. The van der Waals surface area contributed by atoms with E-state index in [2.05, 4.69) is 10.6 Å². The lowest BCUT2D eigenvalue weighted by Crippen LogP contribution is -2.46. The molecule has 0 aliphatic rings. The van der Waals surface area contributed by atoms with Crippen molar-refractivity contribution >= 4 is 52.6 Å². The molecule has 2 N–H and O–H groups in total. The zero-order valence-corrected chi connectivity index (χ0v) is 15.8. The maximum Gasteiger partial charge on any atom is 0.344 e. The number of nitrogens with one attached hydrogen (secondary N) is 2. The molecule has 1 atom stereocenters. The summed E-state index contributed by atoms with van der Waals surface area (Å²) in [7, 11) is 0. The molecule has 2 amide bonds. The van der Waals surface area contributed by atoms with E-state index in [0.29, 0.717) is 6.54 Å². The molecule has 138 valence electrons. The smallest absolute Gasteiger partial charge is 0.344 e. The topological polar surface area (TPSA) is 93.7 Å². The Morgan fingerprint density at radius 2 is 1.72 bits per heavy atom. The Labute approximate surface area is 159 Å². The Morgan fingerprint density at radius 1 is 1.08 bits per heavy atom. The molecule has 0 heterocycles. The fourth-order valence-corrected chi connectivity index (χ4v) is 2.21. The van der Waals surface area contributed by atoms with Gasteiger partial charge in [0, 0.05) is 12.6 Å². The lowest BCUT2D eigenvalue weighted by Gasteiger charge is -2.13. The highest BCUT2D eigenvalue weighted by molar-refractivity contribution is 6.43. The van der Waals surface area contributed by atoms with Gasteiger partial charge in [-0.25, -0.2) is 4.79 Å². The molecule has 0 unspecified atom stereocenters. The summed E-state index contributed by atoms with van der Waals surface area (Å²) in [6.07, 6.45) is 0. The first kappa shape index (κ1) is 21.3. The van der Waals surface area contributed by atoms with Gasteiger partial charge < -0.3 is 20.1 Å². The summed E-state index contributed by atoms with van der Waals surface area (Å²) in [5.41, 5.74) is 0. The second-order valence-corrected chi connectivity index (χ2v) is 6.05. The van der Waals surface area contributed by atoms with E-state index in [1.54, 1.807) is 6.92 Å². The van der Waals surface area contributed by atoms with E-state index in [1.807, 2.05) is 0 Å². The fourth-order valence-electron chi connectivity index (χ4n) is 1.62. The van der Waals surface area contributed by atoms with Crippen molar-refractivity contribution in [2.75, 3.05) is 19.8 Å². The molecule has 0 saturated carbocycles. The molecule has 1 aromatic rings. The van der Waals surface area contributed by atoms with Crippen molar-refractivity contribution in [2.45, 2.75) is 19.9 Å². The molecule has 0 aliphatic heterocycles. The number of rotatable bonds is 8. The summed E-state index contributed by atoms with van der Waals surface area (Å²) < 4.78 is 9.92. The summed E-state index contributed by atoms with van der Waals surface area (Å²) in [6.45, 7) is 2.70. The zero-order valence-electron chi connectivity index (χ0n) is 13.5. The van der Waals surface area contributed by atoms with Crippen molar-refractivity contribution in [2.24, 2.45) is 0 Å². The summed E-state index contributed by atoms with van der Waals surface area (Å²) in [4.78, 5) is 34.7. The number of halogens is 3.